The van der Waals surface area contributed by atoms with E-state index in [-0.39, 0.29) is 0 Å². The molecule has 0 aliphatic rings. The molecule has 2 heterocycles. The van der Waals surface area contributed by atoms with Gasteiger partial charge in [-0.3, -0.25) is 0 Å². The first-order valence-corrected chi connectivity index (χ1v) is 6.74. The van der Waals surface area contributed by atoms with Crippen molar-refractivity contribution in [1.82, 2.24) is 10.2 Å². The summed E-state index contributed by atoms with van der Waals surface area (Å²) in [6.45, 7) is 10.7. The van der Waals surface area contributed by atoms with Crippen LogP contribution in [0.1, 0.15) is 55.9 Å². The lowest BCUT2D eigenvalue weighted by molar-refractivity contribution is 0.534. The summed E-state index contributed by atoms with van der Waals surface area (Å²) in [5.74, 6) is 2.32. The lowest BCUT2D eigenvalue weighted by Gasteiger charge is -2.08. The molecular weight excluding hydrogens is 232 g/mol. The topological polar surface area (TPSA) is 38.9 Å². The van der Waals surface area contributed by atoms with Crippen molar-refractivity contribution < 1.29 is 4.42 Å². The zero-order chi connectivity index (χ0) is 12.6. The van der Waals surface area contributed by atoms with E-state index in [2.05, 4.69) is 44.0 Å². The zero-order valence-corrected chi connectivity index (χ0v) is 11.8. The monoisotopic (exact) mass is 250 g/mol. The first-order valence-electron chi connectivity index (χ1n) is 5.93. The van der Waals surface area contributed by atoms with Gasteiger partial charge in [-0.2, -0.15) is 0 Å². The van der Waals surface area contributed by atoms with Crippen LogP contribution < -0.4 is 0 Å². The van der Waals surface area contributed by atoms with Gasteiger partial charge < -0.3 is 4.42 Å². The number of thiophene rings is 1. The first-order chi connectivity index (χ1) is 7.99. The van der Waals surface area contributed by atoms with Crippen molar-refractivity contribution in [2.75, 3.05) is 0 Å². The van der Waals surface area contributed by atoms with Crippen LogP contribution in [0, 0.1) is 6.92 Å². The average molecular weight is 250 g/mol. The second kappa shape index (κ2) is 4.61. The maximum Gasteiger partial charge on any atom is 0.257 e. The first kappa shape index (κ1) is 12.3. The Bertz CT molecular complexity index is 486. The summed E-state index contributed by atoms with van der Waals surface area (Å²) in [5.41, 5.74) is 1.40. The molecule has 2 rings (SSSR count). The van der Waals surface area contributed by atoms with Gasteiger partial charge in [0.1, 0.15) is 0 Å². The predicted molar refractivity (Wildman–Crippen MR) is 70.5 cm³/mol. The number of aryl methyl sites for hydroxylation is 1. The maximum absolute atomic E-state index is 5.49. The largest absolute Gasteiger partial charge is 0.420 e. The highest BCUT2D eigenvalue weighted by Gasteiger charge is 2.18. The van der Waals surface area contributed by atoms with E-state index in [0.717, 1.165) is 4.88 Å². The summed E-state index contributed by atoms with van der Waals surface area (Å²) >= 11 is 1.77. The zero-order valence-electron chi connectivity index (χ0n) is 10.9. The van der Waals surface area contributed by atoms with Crippen molar-refractivity contribution in [3.05, 3.63) is 22.4 Å². The van der Waals surface area contributed by atoms with E-state index >= 15 is 0 Å². The SMILES string of the molecule is Cc1nnc(-c2cc(C(C)C)c(C(C)C)s2)o1. The molecule has 0 aromatic carbocycles. The standard InChI is InChI=1S/C13H18N2OS/c1-7(2)10-6-11(17-12(10)8(3)4)13-15-14-9(5)16-13/h6-8H,1-5H3. The quantitative estimate of drug-likeness (QED) is 0.812. The van der Waals surface area contributed by atoms with E-state index in [0.29, 0.717) is 23.6 Å². The van der Waals surface area contributed by atoms with Gasteiger partial charge in [0, 0.05) is 11.8 Å². The Morgan fingerprint density at radius 3 is 2.24 bits per heavy atom. The van der Waals surface area contributed by atoms with Crippen LogP contribution >= 0.6 is 11.3 Å². The van der Waals surface area contributed by atoms with Crippen LogP contribution in [-0.2, 0) is 0 Å². The molecule has 0 fully saturated rings. The van der Waals surface area contributed by atoms with Gasteiger partial charge in [-0.15, -0.1) is 21.5 Å². The van der Waals surface area contributed by atoms with E-state index in [9.17, 15) is 0 Å². The minimum Gasteiger partial charge on any atom is -0.420 e. The summed E-state index contributed by atoms with van der Waals surface area (Å²) < 4.78 is 5.49. The lowest BCUT2D eigenvalue weighted by Crippen LogP contribution is -1.91. The summed E-state index contributed by atoms with van der Waals surface area (Å²) in [5, 5.41) is 7.96. The van der Waals surface area contributed by atoms with Crippen LogP contribution in [0.3, 0.4) is 0 Å². The highest BCUT2D eigenvalue weighted by atomic mass is 32.1. The molecule has 0 atom stereocenters. The Balaban J connectivity index is 2.47. The average Bonchev–Trinajstić information content (AvgIpc) is 2.82. The molecule has 17 heavy (non-hydrogen) atoms. The Kier molecular flexibility index (Phi) is 3.33. The number of hydrogen-bond acceptors (Lipinski definition) is 4. The van der Waals surface area contributed by atoms with Crippen molar-refractivity contribution in [2.24, 2.45) is 0 Å². The van der Waals surface area contributed by atoms with Crippen molar-refractivity contribution in [3.63, 3.8) is 0 Å². The summed E-state index contributed by atoms with van der Waals surface area (Å²) in [4.78, 5) is 2.50. The van der Waals surface area contributed by atoms with Crippen LogP contribution in [0.5, 0.6) is 0 Å². The van der Waals surface area contributed by atoms with Crippen LogP contribution in [0.4, 0.5) is 0 Å². The molecule has 4 heteroatoms. The lowest BCUT2D eigenvalue weighted by atomic mass is 9.99. The van der Waals surface area contributed by atoms with Crippen molar-refractivity contribution >= 4 is 11.3 Å². The molecule has 0 radical (unpaired) electrons. The molecule has 3 nitrogen and oxygen atoms in total. The molecule has 0 spiro atoms. The van der Waals surface area contributed by atoms with Crippen LogP contribution in [0.2, 0.25) is 0 Å². The molecule has 2 aromatic rings. The van der Waals surface area contributed by atoms with Gasteiger partial charge in [0.05, 0.1) is 4.88 Å². The third kappa shape index (κ3) is 2.41. The van der Waals surface area contributed by atoms with Crippen LogP contribution in [0.15, 0.2) is 10.5 Å². The normalized spacial score (nSPS) is 11.7. The number of nitrogens with zero attached hydrogens (tertiary/aromatic N) is 2. The molecule has 0 saturated carbocycles. The second-order valence-corrected chi connectivity index (χ2v) is 5.95. The molecule has 92 valence electrons. The van der Waals surface area contributed by atoms with E-state index in [4.69, 9.17) is 4.42 Å². The van der Waals surface area contributed by atoms with E-state index in [1.165, 1.54) is 10.4 Å². The second-order valence-electron chi connectivity index (χ2n) is 4.87. The Labute approximate surface area is 106 Å². The fourth-order valence-electron chi connectivity index (χ4n) is 1.82. The van der Waals surface area contributed by atoms with Crippen molar-refractivity contribution in [2.45, 2.75) is 46.5 Å². The van der Waals surface area contributed by atoms with Gasteiger partial charge in [-0.05, 0) is 23.5 Å². The summed E-state index contributed by atoms with van der Waals surface area (Å²) in [6.07, 6.45) is 0. The molecule has 2 aromatic heterocycles. The van der Waals surface area contributed by atoms with E-state index in [1.807, 2.05) is 6.92 Å². The molecule has 0 amide bonds. The fraction of sp³-hybridized carbons (Fsp3) is 0.538. The van der Waals surface area contributed by atoms with Gasteiger partial charge in [0.2, 0.25) is 5.89 Å². The minimum atomic E-state index is 0.529. The highest BCUT2D eigenvalue weighted by molar-refractivity contribution is 7.15. The molecule has 0 saturated heterocycles. The molecular formula is C13H18N2OS. The minimum absolute atomic E-state index is 0.529. The van der Waals surface area contributed by atoms with Gasteiger partial charge >= 0.3 is 0 Å². The predicted octanol–water partition coefficient (Wildman–Crippen LogP) is 4.35. The van der Waals surface area contributed by atoms with E-state index < -0.39 is 0 Å². The maximum atomic E-state index is 5.49. The number of rotatable bonds is 3. The summed E-state index contributed by atoms with van der Waals surface area (Å²) in [6, 6.07) is 2.19. The Morgan fingerprint density at radius 2 is 1.82 bits per heavy atom. The summed E-state index contributed by atoms with van der Waals surface area (Å²) in [7, 11) is 0. The molecule has 0 unspecified atom stereocenters. The molecule has 0 aliphatic heterocycles. The third-order valence-electron chi connectivity index (χ3n) is 2.67. The molecule has 0 bridgehead atoms. The van der Waals surface area contributed by atoms with Crippen molar-refractivity contribution in [3.8, 4) is 10.8 Å². The Hall–Kier alpha value is -1.16. The fourth-order valence-corrected chi connectivity index (χ4v) is 3.06. The molecule has 0 N–H and O–H groups in total. The van der Waals surface area contributed by atoms with Crippen LogP contribution in [-0.4, -0.2) is 10.2 Å². The van der Waals surface area contributed by atoms with Crippen molar-refractivity contribution in [1.29, 1.82) is 0 Å². The van der Waals surface area contributed by atoms with Gasteiger partial charge in [0.25, 0.3) is 5.89 Å². The van der Waals surface area contributed by atoms with Gasteiger partial charge in [0.15, 0.2) is 0 Å². The van der Waals surface area contributed by atoms with E-state index in [1.54, 1.807) is 11.3 Å². The highest BCUT2D eigenvalue weighted by Crippen LogP contribution is 2.38. The third-order valence-corrected chi connectivity index (χ3v) is 4.11. The van der Waals surface area contributed by atoms with Gasteiger partial charge in [-0.25, -0.2) is 0 Å². The smallest absolute Gasteiger partial charge is 0.257 e. The van der Waals surface area contributed by atoms with Gasteiger partial charge in [-0.1, -0.05) is 27.7 Å². The Morgan fingerprint density at radius 1 is 1.12 bits per heavy atom. The molecule has 0 aliphatic carbocycles. The number of hydrogen-bond donors (Lipinski definition) is 0. The van der Waals surface area contributed by atoms with Crippen LogP contribution in [0.25, 0.3) is 10.8 Å². The number of aromatic nitrogens is 2.